The van der Waals surface area contributed by atoms with Gasteiger partial charge in [-0.05, 0) is 30.3 Å². The summed E-state index contributed by atoms with van der Waals surface area (Å²) >= 11 is 0. The fourth-order valence-electron chi connectivity index (χ4n) is 2.53. The number of carbonyl (C=O) groups is 1. The number of allylic oxidation sites excluding steroid dienone is 1. The number of nitrogens with zero attached hydrogens (tertiary/aromatic N) is 2. The van der Waals surface area contributed by atoms with Crippen LogP contribution >= 0.6 is 0 Å². The highest BCUT2D eigenvalue weighted by atomic mass is 32.2. The maximum Gasteiger partial charge on any atom is 0.345 e. The van der Waals surface area contributed by atoms with E-state index >= 15 is 0 Å². The second-order valence-corrected chi connectivity index (χ2v) is 7.36. The molecule has 0 aliphatic carbocycles. The largest absolute Gasteiger partial charge is 0.496 e. The molecule has 1 aliphatic rings. The van der Waals surface area contributed by atoms with Crippen molar-refractivity contribution in [2.24, 2.45) is 4.40 Å². The maximum absolute atomic E-state index is 13.8. The normalized spacial score (nSPS) is 15.5. The van der Waals surface area contributed by atoms with E-state index in [4.69, 9.17) is 4.74 Å². The number of methoxy groups -OCH3 is 1. The average Bonchev–Trinajstić information content (AvgIpc) is 2.65. The third-order valence-electron chi connectivity index (χ3n) is 3.97. The van der Waals surface area contributed by atoms with Crippen molar-refractivity contribution in [3.8, 4) is 5.75 Å². The number of para-hydroxylation sites is 1. The lowest BCUT2D eigenvalue weighted by Gasteiger charge is -2.24. The van der Waals surface area contributed by atoms with Crippen LogP contribution in [0.3, 0.4) is 0 Å². The Morgan fingerprint density at radius 3 is 2.57 bits per heavy atom. The van der Waals surface area contributed by atoms with Gasteiger partial charge in [0, 0.05) is 18.7 Å². The Hall–Kier alpha value is -3.27. The summed E-state index contributed by atoms with van der Waals surface area (Å²) in [6.07, 6.45) is 1.25. The zero-order valence-electron chi connectivity index (χ0n) is 14.8. The van der Waals surface area contributed by atoms with Gasteiger partial charge in [0.15, 0.2) is 0 Å². The number of hydrogen-bond acceptors (Lipinski definition) is 4. The summed E-state index contributed by atoms with van der Waals surface area (Å²) in [7, 11) is -1.65. The number of nitrogens with one attached hydrogen (secondary N) is 1. The molecule has 0 bridgehead atoms. The predicted molar refractivity (Wildman–Crippen MR) is 99.3 cm³/mol. The molecule has 0 radical (unpaired) electrons. The van der Waals surface area contributed by atoms with Crippen LogP contribution in [-0.4, -0.2) is 38.5 Å². The molecule has 0 saturated heterocycles. The topological polar surface area (TPSA) is 88.1 Å². The first-order valence-corrected chi connectivity index (χ1v) is 9.33. The highest BCUT2D eigenvalue weighted by Crippen LogP contribution is 2.26. The Morgan fingerprint density at radius 1 is 1.18 bits per heavy atom. The van der Waals surface area contributed by atoms with Gasteiger partial charge in [-0.15, -0.1) is 4.40 Å². The Kier molecular flexibility index (Phi) is 5.14. The van der Waals surface area contributed by atoms with Gasteiger partial charge in [0.05, 0.1) is 18.5 Å². The summed E-state index contributed by atoms with van der Waals surface area (Å²) in [5, 5.41) is 2.23. The molecule has 1 heterocycles. The van der Waals surface area contributed by atoms with Crippen molar-refractivity contribution < 1.29 is 26.7 Å². The molecule has 0 unspecified atom stereocenters. The standard InChI is InChI=1S/C18H15F2N3O4S/c1-23-16(18(24)21-14-8-7-11(19)9-13(14)20)10-15(22-28(23,25)26)12-5-3-4-6-17(12)27-2/h3-10H,1-2H3,(H,21,24). The summed E-state index contributed by atoms with van der Waals surface area (Å²) < 4.78 is 61.2. The number of anilines is 1. The summed E-state index contributed by atoms with van der Waals surface area (Å²) in [5.41, 5.74) is -0.237. The van der Waals surface area contributed by atoms with Gasteiger partial charge in [-0.3, -0.25) is 4.79 Å². The third kappa shape index (κ3) is 3.72. The molecule has 2 aromatic carbocycles. The molecular weight excluding hydrogens is 392 g/mol. The molecule has 0 saturated carbocycles. The molecule has 10 heteroatoms. The molecule has 0 atom stereocenters. The van der Waals surface area contributed by atoms with Gasteiger partial charge < -0.3 is 10.1 Å². The first kappa shape index (κ1) is 19.5. The van der Waals surface area contributed by atoms with Crippen molar-refractivity contribution in [2.45, 2.75) is 0 Å². The van der Waals surface area contributed by atoms with Crippen LogP contribution in [0.1, 0.15) is 5.56 Å². The molecule has 0 aromatic heterocycles. The van der Waals surface area contributed by atoms with Gasteiger partial charge >= 0.3 is 10.2 Å². The lowest BCUT2D eigenvalue weighted by molar-refractivity contribution is -0.113. The molecule has 0 fully saturated rings. The quantitative estimate of drug-likeness (QED) is 0.844. The molecule has 1 amide bonds. The van der Waals surface area contributed by atoms with E-state index in [1.165, 1.54) is 13.2 Å². The smallest absolute Gasteiger partial charge is 0.345 e. The molecule has 1 aliphatic heterocycles. The zero-order chi connectivity index (χ0) is 20.5. The van der Waals surface area contributed by atoms with E-state index < -0.39 is 27.8 Å². The number of benzene rings is 2. The zero-order valence-corrected chi connectivity index (χ0v) is 15.6. The van der Waals surface area contributed by atoms with Gasteiger partial charge in [0.25, 0.3) is 5.91 Å². The number of rotatable bonds is 4. The van der Waals surface area contributed by atoms with Crippen LogP contribution in [0.15, 0.2) is 58.6 Å². The Morgan fingerprint density at radius 2 is 1.89 bits per heavy atom. The Bertz CT molecular complexity index is 1110. The lowest BCUT2D eigenvalue weighted by Crippen LogP contribution is -2.35. The minimum atomic E-state index is -4.20. The van der Waals surface area contributed by atoms with Gasteiger partial charge in [-0.1, -0.05) is 12.1 Å². The van der Waals surface area contributed by atoms with Gasteiger partial charge in [-0.25, -0.2) is 13.1 Å². The van der Waals surface area contributed by atoms with E-state index in [2.05, 4.69) is 9.71 Å². The number of carbonyl (C=O) groups excluding carboxylic acids is 1. The number of ether oxygens (including phenoxy) is 1. The number of likely N-dealkylation sites (N-methyl/N-ethyl adjacent to an activating group) is 1. The minimum absolute atomic E-state index is 0.0136. The Balaban J connectivity index is 2.02. The van der Waals surface area contributed by atoms with Crippen molar-refractivity contribution in [3.05, 3.63) is 71.4 Å². The van der Waals surface area contributed by atoms with Crippen LogP contribution in [0.5, 0.6) is 5.75 Å². The highest BCUT2D eigenvalue weighted by molar-refractivity contribution is 7.88. The SMILES string of the molecule is COc1ccccc1C1=NS(=O)(=O)N(C)C(C(=O)Nc2ccc(F)cc2F)=C1. The highest BCUT2D eigenvalue weighted by Gasteiger charge is 2.31. The first-order valence-electron chi connectivity index (χ1n) is 7.93. The predicted octanol–water partition coefficient (Wildman–Crippen LogP) is 2.48. The number of hydrogen-bond donors (Lipinski definition) is 1. The van der Waals surface area contributed by atoms with E-state index in [0.717, 1.165) is 19.2 Å². The molecule has 3 rings (SSSR count). The van der Waals surface area contributed by atoms with Crippen molar-refractivity contribution in [1.82, 2.24) is 4.31 Å². The van der Waals surface area contributed by atoms with Crippen LogP contribution in [0, 0.1) is 11.6 Å². The number of halogens is 2. The number of amides is 1. The van der Waals surface area contributed by atoms with E-state index in [1.54, 1.807) is 24.3 Å². The fourth-order valence-corrected chi connectivity index (χ4v) is 3.43. The van der Waals surface area contributed by atoms with Crippen molar-refractivity contribution in [2.75, 3.05) is 19.5 Å². The van der Waals surface area contributed by atoms with E-state index in [-0.39, 0.29) is 17.1 Å². The molecule has 28 heavy (non-hydrogen) atoms. The van der Waals surface area contributed by atoms with Crippen LogP contribution < -0.4 is 10.1 Å². The second kappa shape index (κ2) is 7.39. The fraction of sp³-hybridized carbons (Fsp3) is 0.111. The van der Waals surface area contributed by atoms with Gasteiger partial charge in [0.1, 0.15) is 23.1 Å². The van der Waals surface area contributed by atoms with Gasteiger partial charge in [-0.2, -0.15) is 8.42 Å². The average molecular weight is 407 g/mol. The van der Waals surface area contributed by atoms with Crippen molar-refractivity contribution in [3.63, 3.8) is 0 Å². The van der Waals surface area contributed by atoms with Crippen molar-refractivity contribution >= 4 is 27.5 Å². The molecule has 1 N–H and O–H groups in total. The van der Waals surface area contributed by atoms with Crippen LogP contribution in [0.25, 0.3) is 0 Å². The monoisotopic (exact) mass is 407 g/mol. The van der Waals surface area contributed by atoms with Crippen molar-refractivity contribution in [1.29, 1.82) is 0 Å². The van der Waals surface area contributed by atoms with Gasteiger partial charge in [0.2, 0.25) is 0 Å². The van der Waals surface area contributed by atoms with Crippen LogP contribution in [0.2, 0.25) is 0 Å². The first-order chi connectivity index (χ1) is 13.2. The molecule has 7 nitrogen and oxygen atoms in total. The van der Waals surface area contributed by atoms with E-state index in [1.807, 2.05) is 0 Å². The summed E-state index contributed by atoms with van der Waals surface area (Å²) in [5.74, 6) is -2.34. The minimum Gasteiger partial charge on any atom is -0.496 e. The van der Waals surface area contributed by atoms with E-state index in [9.17, 15) is 22.0 Å². The molecule has 2 aromatic rings. The second-order valence-electron chi connectivity index (χ2n) is 5.73. The summed E-state index contributed by atoms with van der Waals surface area (Å²) in [4.78, 5) is 12.6. The molecular formula is C18H15F2N3O4S. The summed E-state index contributed by atoms with van der Waals surface area (Å²) in [6.45, 7) is 0. The maximum atomic E-state index is 13.8. The third-order valence-corrected chi connectivity index (χ3v) is 5.28. The Labute approximate surface area is 160 Å². The van der Waals surface area contributed by atoms with Crippen LogP contribution in [0.4, 0.5) is 14.5 Å². The molecule has 146 valence electrons. The van der Waals surface area contributed by atoms with E-state index in [0.29, 0.717) is 21.7 Å². The van der Waals surface area contributed by atoms with Crippen LogP contribution in [-0.2, 0) is 15.0 Å². The lowest BCUT2D eigenvalue weighted by atomic mass is 10.1. The summed E-state index contributed by atoms with van der Waals surface area (Å²) in [6, 6.07) is 9.17. The molecule has 0 spiro atoms.